The van der Waals surface area contributed by atoms with Crippen LogP contribution < -0.4 is 5.32 Å². The maximum Gasteiger partial charge on any atom is 0.237 e. The second-order valence-corrected chi connectivity index (χ2v) is 6.22. The molecule has 1 amide bonds. The van der Waals surface area contributed by atoms with E-state index in [1.165, 1.54) is 12.5 Å². The molecular weight excluding hydrogens is 309 g/mol. The molecule has 3 rings (SSSR count). The number of rotatable bonds is 4. The van der Waals surface area contributed by atoms with Crippen LogP contribution in [0.15, 0.2) is 34.9 Å². The Hall–Kier alpha value is -2.21. The number of likely N-dealkylation sites (N-methyl/N-ethyl adjacent to an activating group) is 1. The van der Waals surface area contributed by atoms with Gasteiger partial charge in [0.1, 0.15) is 11.5 Å². The topological polar surface area (TPSA) is 58.4 Å². The Morgan fingerprint density at radius 1 is 1.38 bits per heavy atom. The number of aromatic nitrogens is 1. The second-order valence-electron chi connectivity index (χ2n) is 6.22. The molecule has 1 aliphatic heterocycles. The Labute approximate surface area is 140 Å². The lowest BCUT2D eigenvalue weighted by Gasteiger charge is -2.24. The molecule has 1 N–H and O–H groups in total. The van der Waals surface area contributed by atoms with Crippen LogP contribution >= 0.6 is 0 Å². The van der Waals surface area contributed by atoms with E-state index in [1.54, 1.807) is 24.3 Å². The molecule has 24 heavy (non-hydrogen) atoms. The summed E-state index contributed by atoms with van der Waals surface area (Å²) in [6, 6.07) is 7.97. The molecule has 6 heteroatoms. The van der Waals surface area contributed by atoms with Crippen LogP contribution in [0, 0.1) is 5.82 Å². The fourth-order valence-corrected chi connectivity index (χ4v) is 3.07. The van der Waals surface area contributed by atoms with E-state index < -0.39 is 0 Å². The Bertz CT molecular complexity index is 701. The Morgan fingerprint density at radius 3 is 3.04 bits per heavy atom. The van der Waals surface area contributed by atoms with Gasteiger partial charge in [-0.2, -0.15) is 0 Å². The van der Waals surface area contributed by atoms with Gasteiger partial charge in [0.05, 0.1) is 12.6 Å². The van der Waals surface area contributed by atoms with Gasteiger partial charge in [-0.05, 0) is 38.6 Å². The third kappa shape index (κ3) is 3.82. The number of hydrogen-bond acceptors (Lipinski definition) is 4. The van der Waals surface area contributed by atoms with Gasteiger partial charge in [0.2, 0.25) is 5.91 Å². The van der Waals surface area contributed by atoms with E-state index in [9.17, 15) is 9.18 Å². The SMILES string of the molecule is CN1CCCCCC1C(=O)NCc1cc(-c2ccccc2F)no1. The number of benzene rings is 1. The van der Waals surface area contributed by atoms with E-state index in [0.717, 1.165) is 25.8 Å². The van der Waals surface area contributed by atoms with Gasteiger partial charge < -0.3 is 9.84 Å². The highest BCUT2D eigenvalue weighted by Gasteiger charge is 2.24. The van der Waals surface area contributed by atoms with Gasteiger partial charge >= 0.3 is 0 Å². The first kappa shape index (κ1) is 16.6. The number of halogens is 1. The third-order valence-corrected chi connectivity index (χ3v) is 4.47. The Kier molecular flexibility index (Phi) is 5.25. The molecule has 2 heterocycles. The Balaban J connectivity index is 1.61. The summed E-state index contributed by atoms with van der Waals surface area (Å²) in [5.41, 5.74) is 0.825. The summed E-state index contributed by atoms with van der Waals surface area (Å²) in [6.45, 7) is 1.20. The lowest BCUT2D eigenvalue weighted by Crippen LogP contribution is -2.44. The highest BCUT2D eigenvalue weighted by molar-refractivity contribution is 5.81. The smallest absolute Gasteiger partial charge is 0.237 e. The zero-order valence-electron chi connectivity index (χ0n) is 13.8. The van der Waals surface area contributed by atoms with Crippen molar-refractivity contribution in [3.8, 4) is 11.3 Å². The van der Waals surface area contributed by atoms with Gasteiger partial charge in [-0.25, -0.2) is 4.39 Å². The maximum absolute atomic E-state index is 13.8. The van der Waals surface area contributed by atoms with Gasteiger partial charge in [0.25, 0.3) is 0 Å². The summed E-state index contributed by atoms with van der Waals surface area (Å²) in [5, 5.41) is 6.79. The summed E-state index contributed by atoms with van der Waals surface area (Å²) < 4.78 is 19.0. The van der Waals surface area contributed by atoms with Crippen molar-refractivity contribution < 1.29 is 13.7 Å². The van der Waals surface area contributed by atoms with Crippen LogP contribution in [0.3, 0.4) is 0 Å². The molecule has 0 bridgehead atoms. The van der Waals surface area contributed by atoms with Gasteiger partial charge in [0.15, 0.2) is 5.76 Å². The van der Waals surface area contributed by atoms with E-state index in [4.69, 9.17) is 4.52 Å². The van der Waals surface area contributed by atoms with Crippen LogP contribution in [-0.2, 0) is 11.3 Å². The van der Waals surface area contributed by atoms with Crippen LogP contribution in [0.1, 0.15) is 31.4 Å². The van der Waals surface area contributed by atoms with Crippen molar-refractivity contribution >= 4 is 5.91 Å². The van der Waals surface area contributed by atoms with Crippen molar-refractivity contribution in [2.75, 3.05) is 13.6 Å². The van der Waals surface area contributed by atoms with Gasteiger partial charge in [-0.15, -0.1) is 0 Å². The molecule has 1 aliphatic rings. The molecule has 0 saturated carbocycles. The zero-order valence-corrected chi connectivity index (χ0v) is 13.8. The number of nitrogens with zero attached hydrogens (tertiary/aromatic N) is 2. The lowest BCUT2D eigenvalue weighted by molar-refractivity contribution is -0.126. The number of carbonyl (C=O) groups is 1. The van der Waals surface area contributed by atoms with Crippen LogP contribution in [0.4, 0.5) is 4.39 Å². The van der Waals surface area contributed by atoms with Crippen molar-refractivity contribution in [1.82, 2.24) is 15.4 Å². The number of hydrogen-bond donors (Lipinski definition) is 1. The molecule has 5 nitrogen and oxygen atoms in total. The van der Waals surface area contributed by atoms with E-state index in [2.05, 4.69) is 15.4 Å². The number of nitrogens with one attached hydrogen (secondary N) is 1. The Morgan fingerprint density at radius 2 is 2.21 bits per heavy atom. The fraction of sp³-hybridized carbons (Fsp3) is 0.444. The first-order valence-corrected chi connectivity index (χ1v) is 8.33. The number of amides is 1. The maximum atomic E-state index is 13.8. The predicted molar refractivity (Wildman–Crippen MR) is 88.6 cm³/mol. The molecule has 1 aromatic heterocycles. The molecule has 0 spiro atoms. The minimum absolute atomic E-state index is 0.00300. The average molecular weight is 331 g/mol. The molecule has 2 aromatic rings. The summed E-state index contributed by atoms with van der Waals surface area (Å²) >= 11 is 0. The van der Waals surface area contributed by atoms with Gasteiger partial charge in [0, 0.05) is 11.6 Å². The molecule has 128 valence electrons. The van der Waals surface area contributed by atoms with E-state index in [0.29, 0.717) is 17.0 Å². The highest BCUT2D eigenvalue weighted by atomic mass is 19.1. The monoisotopic (exact) mass is 331 g/mol. The van der Waals surface area contributed by atoms with Gasteiger partial charge in [-0.3, -0.25) is 9.69 Å². The van der Waals surface area contributed by atoms with Crippen molar-refractivity contribution in [2.24, 2.45) is 0 Å². The fourth-order valence-electron chi connectivity index (χ4n) is 3.07. The number of likely N-dealkylation sites (tertiary alicyclic amines) is 1. The molecule has 1 unspecified atom stereocenters. The van der Waals surface area contributed by atoms with Crippen LogP contribution in [0.2, 0.25) is 0 Å². The predicted octanol–water partition coefficient (Wildman–Crippen LogP) is 2.97. The standard InChI is InChI=1S/C18H22FN3O2/c1-22-10-6-2-3-9-17(22)18(23)20-12-13-11-16(21-24-13)14-7-4-5-8-15(14)19/h4-5,7-8,11,17H,2-3,6,9-10,12H2,1H3,(H,20,23). The molecule has 1 atom stereocenters. The van der Waals surface area contributed by atoms with Crippen molar-refractivity contribution in [3.63, 3.8) is 0 Å². The van der Waals surface area contributed by atoms with Crippen LogP contribution in [-0.4, -0.2) is 35.6 Å². The molecule has 1 saturated heterocycles. The summed E-state index contributed by atoms with van der Waals surface area (Å²) in [5.74, 6) is 0.169. The van der Waals surface area contributed by atoms with Crippen molar-refractivity contribution in [1.29, 1.82) is 0 Å². The molecule has 0 aliphatic carbocycles. The first-order chi connectivity index (χ1) is 11.6. The van der Waals surface area contributed by atoms with E-state index >= 15 is 0 Å². The number of carbonyl (C=O) groups excluding carboxylic acids is 1. The summed E-state index contributed by atoms with van der Waals surface area (Å²) in [4.78, 5) is 14.5. The molecule has 1 aromatic carbocycles. The van der Waals surface area contributed by atoms with Crippen molar-refractivity contribution in [2.45, 2.75) is 38.3 Å². The largest absolute Gasteiger partial charge is 0.359 e. The summed E-state index contributed by atoms with van der Waals surface area (Å²) in [7, 11) is 1.99. The van der Waals surface area contributed by atoms with E-state index in [1.807, 2.05) is 7.05 Å². The molecule has 1 fully saturated rings. The zero-order chi connectivity index (χ0) is 16.9. The third-order valence-electron chi connectivity index (χ3n) is 4.47. The second kappa shape index (κ2) is 7.57. The van der Waals surface area contributed by atoms with Crippen LogP contribution in [0.5, 0.6) is 0 Å². The van der Waals surface area contributed by atoms with Crippen LogP contribution in [0.25, 0.3) is 11.3 Å². The highest BCUT2D eigenvalue weighted by Crippen LogP contribution is 2.22. The average Bonchev–Trinajstić information content (AvgIpc) is 2.94. The minimum atomic E-state index is -0.346. The van der Waals surface area contributed by atoms with Gasteiger partial charge in [-0.1, -0.05) is 30.1 Å². The quantitative estimate of drug-likeness (QED) is 0.936. The lowest BCUT2D eigenvalue weighted by atomic mass is 10.1. The van der Waals surface area contributed by atoms with Crippen molar-refractivity contribution in [3.05, 3.63) is 41.9 Å². The molecule has 0 radical (unpaired) electrons. The normalized spacial score (nSPS) is 19.0. The first-order valence-electron chi connectivity index (χ1n) is 8.33. The molecular formula is C18H22FN3O2. The minimum Gasteiger partial charge on any atom is -0.359 e. The van der Waals surface area contributed by atoms with E-state index in [-0.39, 0.29) is 24.3 Å². The summed E-state index contributed by atoms with van der Waals surface area (Å²) in [6.07, 6.45) is 4.25.